The summed E-state index contributed by atoms with van der Waals surface area (Å²) in [5.41, 5.74) is 6.32. The van der Waals surface area contributed by atoms with Crippen molar-refractivity contribution in [3.05, 3.63) is 41.6 Å². The summed E-state index contributed by atoms with van der Waals surface area (Å²) in [4.78, 5) is 24.3. The predicted octanol–water partition coefficient (Wildman–Crippen LogP) is 3.33. The molecule has 4 fully saturated rings. The topological polar surface area (TPSA) is 108 Å². The summed E-state index contributed by atoms with van der Waals surface area (Å²) in [7, 11) is 0. The zero-order valence-electron chi connectivity index (χ0n) is 16.8. The molecule has 0 saturated heterocycles. The molecule has 0 spiro atoms. The van der Waals surface area contributed by atoms with E-state index in [9.17, 15) is 14.9 Å². The standard InChI is InChI=1S/C23H28N4O2/c1-14(23-9-15-6-16(10-23)8-17(7-15)11-23)27-22(29)18(12-24)13-26-20-5-3-2-4-19(20)21(25)28/h2-5,13-17,26H,6-11H2,1H3,(H2,25,28)(H,27,29)/b18-13-. The molecule has 0 radical (unpaired) electrons. The number of nitriles is 1. The van der Waals surface area contributed by atoms with Gasteiger partial charge in [0, 0.05) is 12.2 Å². The average molecular weight is 393 g/mol. The first-order valence-electron chi connectivity index (χ1n) is 10.5. The van der Waals surface area contributed by atoms with Gasteiger partial charge in [-0.05, 0) is 80.8 Å². The van der Waals surface area contributed by atoms with Crippen LogP contribution >= 0.6 is 0 Å². The van der Waals surface area contributed by atoms with Crippen LogP contribution in [-0.4, -0.2) is 17.9 Å². The van der Waals surface area contributed by atoms with Gasteiger partial charge < -0.3 is 16.4 Å². The van der Waals surface area contributed by atoms with E-state index in [0.29, 0.717) is 11.3 Å². The Hall–Kier alpha value is -2.81. The lowest BCUT2D eigenvalue weighted by atomic mass is 9.48. The molecular formula is C23H28N4O2. The van der Waals surface area contributed by atoms with Crippen molar-refractivity contribution in [2.24, 2.45) is 28.9 Å². The number of para-hydroxylation sites is 1. The highest BCUT2D eigenvalue weighted by Crippen LogP contribution is 2.61. The molecule has 29 heavy (non-hydrogen) atoms. The maximum absolute atomic E-state index is 12.8. The molecule has 4 aliphatic rings. The number of nitrogens with two attached hydrogens (primary N) is 1. The number of nitrogens with one attached hydrogen (secondary N) is 2. The van der Waals surface area contributed by atoms with E-state index < -0.39 is 5.91 Å². The van der Waals surface area contributed by atoms with Gasteiger partial charge in [0.2, 0.25) is 0 Å². The number of nitrogens with zero attached hydrogens (tertiary/aromatic N) is 1. The first-order valence-corrected chi connectivity index (χ1v) is 10.5. The van der Waals surface area contributed by atoms with Crippen molar-refractivity contribution in [2.45, 2.75) is 51.5 Å². The second-order valence-corrected chi connectivity index (χ2v) is 9.20. The minimum atomic E-state index is -0.570. The third-order valence-corrected chi connectivity index (χ3v) is 7.28. The van der Waals surface area contributed by atoms with Crippen LogP contribution in [0.15, 0.2) is 36.0 Å². The second-order valence-electron chi connectivity index (χ2n) is 9.20. The first kappa shape index (κ1) is 19.5. The smallest absolute Gasteiger partial charge is 0.263 e. The van der Waals surface area contributed by atoms with Crippen LogP contribution in [0.25, 0.3) is 0 Å². The monoisotopic (exact) mass is 392 g/mol. The molecule has 4 bridgehead atoms. The van der Waals surface area contributed by atoms with Crippen LogP contribution in [0.4, 0.5) is 5.69 Å². The number of carbonyl (C=O) groups is 2. The fourth-order valence-corrected chi connectivity index (χ4v) is 6.26. The van der Waals surface area contributed by atoms with Gasteiger partial charge in [-0.1, -0.05) is 12.1 Å². The number of hydrogen-bond donors (Lipinski definition) is 3. The van der Waals surface area contributed by atoms with Crippen LogP contribution in [0.5, 0.6) is 0 Å². The number of carbonyl (C=O) groups excluding carboxylic acids is 2. The van der Waals surface area contributed by atoms with Gasteiger partial charge in [-0.3, -0.25) is 9.59 Å². The number of amides is 2. The zero-order chi connectivity index (χ0) is 20.6. The Kier molecular flexibility index (Phi) is 5.08. The van der Waals surface area contributed by atoms with Crippen molar-refractivity contribution < 1.29 is 9.59 Å². The first-order chi connectivity index (χ1) is 13.9. The Labute approximate surface area is 171 Å². The Morgan fingerprint density at radius 2 is 1.76 bits per heavy atom. The van der Waals surface area contributed by atoms with E-state index in [1.807, 2.05) is 6.07 Å². The molecule has 4 aliphatic carbocycles. The average Bonchev–Trinajstić information content (AvgIpc) is 2.67. The molecule has 5 rings (SSSR count). The fourth-order valence-electron chi connectivity index (χ4n) is 6.26. The quantitative estimate of drug-likeness (QED) is 0.510. The van der Waals surface area contributed by atoms with E-state index in [0.717, 1.165) is 17.8 Å². The number of benzene rings is 1. The molecule has 1 aromatic rings. The molecule has 1 unspecified atom stereocenters. The summed E-state index contributed by atoms with van der Waals surface area (Å²) < 4.78 is 0. The van der Waals surface area contributed by atoms with Crippen molar-refractivity contribution in [2.75, 3.05) is 5.32 Å². The van der Waals surface area contributed by atoms with Gasteiger partial charge in [-0.25, -0.2) is 0 Å². The molecule has 4 N–H and O–H groups in total. The second kappa shape index (κ2) is 7.55. The Bertz CT molecular complexity index is 863. The molecule has 6 nitrogen and oxygen atoms in total. The molecule has 1 aromatic carbocycles. The summed E-state index contributed by atoms with van der Waals surface area (Å²) in [5, 5.41) is 15.5. The van der Waals surface area contributed by atoms with E-state index in [1.54, 1.807) is 24.3 Å². The van der Waals surface area contributed by atoms with E-state index >= 15 is 0 Å². The van der Waals surface area contributed by atoms with Crippen LogP contribution in [0.3, 0.4) is 0 Å². The molecule has 4 saturated carbocycles. The van der Waals surface area contributed by atoms with Crippen LogP contribution in [0.2, 0.25) is 0 Å². The highest BCUT2D eigenvalue weighted by atomic mass is 16.2. The number of anilines is 1. The Balaban J connectivity index is 1.45. The van der Waals surface area contributed by atoms with Crippen molar-refractivity contribution in [1.82, 2.24) is 5.32 Å². The zero-order valence-corrected chi connectivity index (χ0v) is 16.8. The molecule has 2 amide bonds. The molecule has 6 heteroatoms. The van der Waals surface area contributed by atoms with Gasteiger partial charge >= 0.3 is 0 Å². The molecule has 152 valence electrons. The number of primary amides is 1. The van der Waals surface area contributed by atoms with Crippen LogP contribution < -0.4 is 16.4 Å². The van der Waals surface area contributed by atoms with Gasteiger partial charge in [0.15, 0.2) is 0 Å². The molecule has 0 aromatic heterocycles. The van der Waals surface area contributed by atoms with Gasteiger partial charge in [0.05, 0.1) is 11.3 Å². The largest absolute Gasteiger partial charge is 0.366 e. The van der Waals surface area contributed by atoms with E-state index in [2.05, 4.69) is 17.6 Å². The Morgan fingerprint density at radius 3 is 2.31 bits per heavy atom. The van der Waals surface area contributed by atoms with Crippen molar-refractivity contribution >= 4 is 17.5 Å². The lowest BCUT2D eigenvalue weighted by molar-refractivity contribution is -0.122. The highest BCUT2D eigenvalue weighted by Gasteiger charge is 2.53. The number of hydrogen-bond acceptors (Lipinski definition) is 4. The van der Waals surface area contributed by atoms with Gasteiger partial charge in [-0.15, -0.1) is 0 Å². The predicted molar refractivity (Wildman–Crippen MR) is 110 cm³/mol. The normalized spacial score (nSPS) is 31.0. The van der Waals surface area contributed by atoms with E-state index in [-0.39, 0.29) is 22.9 Å². The lowest BCUT2D eigenvalue weighted by Crippen LogP contribution is -2.56. The van der Waals surface area contributed by atoms with Gasteiger partial charge in [0.25, 0.3) is 11.8 Å². The van der Waals surface area contributed by atoms with Crippen LogP contribution in [-0.2, 0) is 4.79 Å². The van der Waals surface area contributed by atoms with E-state index in [1.165, 1.54) is 44.7 Å². The van der Waals surface area contributed by atoms with E-state index in [4.69, 9.17) is 5.73 Å². The Morgan fingerprint density at radius 1 is 1.17 bits per heavy atom. The van der Waals surface area contributed by atoms with Gasteiger partial charge in [0.1, 0.15) is 11.6 Å². The van der Waals surface area contributed by atoms with Crippen molar-refractivity contribution in [1.29, 1.82) is 5.26 Å². The van der Waals surface area contributed by atoms with Crippen molar-refractivity contribution in [3.8, 4) is 6.07 Å². The van der Waals surface area contributed by atoms with Crippen LogP contribution in [0, 0.1) is 34.5 Å². The summed E-state index contributed by atoms with van der Waals surface area (Å²) in [6.07, 6.45) is 8.98. The minimum absolute atomic E-state index is 0.0131. The fraction of sp³-hybridized carbons (Fsp3) is 0.522. The van der Waals surface area contributed by atoms with Crippen LogP contribution in [0.1, 0.15) is 55.8 Å². The highest BCUT2D eigenvalue weighted by molar-refractivity contribution is 6.00. The minimum Gasteiger partial charge on any atom is -0.366 e. The lowest BCUT2D eigenvalue weighted by Gasteiger charge is -2.59. The summed E-state index contributed by atoms with van der Waals surface area (Å²) >= 11 is 0. The number of rotatable bonds is 6. The third-order valence-electron chi connectivity index (χ3n) is 7.28. The maximum Gasteiger partial charge on any atom is 0.263 e. The van der Waals surface area contributed by atoms with Crippen molar-refractivity contribution in [3.63, 3.8) is 0 Å². The van der Waals surface area contributed by atoms with Gasteiger partial charge in [-0.2, -0.15) is 5.26 Å². The maximum atomic E-state index is 12.8. The third kappa shape index (κ3) is 3.74. The molecule has 0 aliphatic heterocycles. The molecular weight excluding hydrogens is 364 g/mol. The summed E-state index contributed by atoms with van der Waals surface area (Å²) in [6.45, 7) is 2.09. The SMILES string of the molecule is CC(NC(=O)/C(C#N)=C\Nc1ccccc1C(N)=O)C12CC3CC(CC(C3)C1)C2. The summed E-state index contributed by atoms with van der Waals surface area (Å²) in [5.74, 6) is 1.47. The molecule has 1 atom stereocenters. The molecule has 0 heterocycles. The summed E-state index contributed by atoms with van der Waals surface area (Å²) in [6, 6.07) is 8.75.